The second-order valence-corrected chi connectivity index (χ2v) is 6.45. The molecule has 0 spiro atoms. The molecule has 4 nitrogen and oxygen atoms in total. The summed E-state index contributed by atoms with van der Waals surface area (Å²) in [5.41, 5.74) is 1.45. The van der Waals surface area contributed by atoms with Crippen LogP contribution in [-0.4, -0.2) is 24.3 Å². The number of aliphatic carboxylic acids is 1. The minimum Gasteiger partial charge on any atom is -0.490 e. The van der Waals surface area contributed by atoms with E-state index in [-0.39, 0.29) is 5.57 Å². The SMILES string of the molecule is CCCCCOc1c(Cl)cc(/C=C(\C(=O)O)c2ccccc2)cc1OCC. The quantitative estimate of drug-likeness (QED) is 0.311. The van der Waals surface area contributed by atoms with Crippen molar-refractivity contribution >= 4 is 29.2 Å². The molecule has 0 bridgehead atoms. The van der Waals surface area contributed by atoms with Crippen molar-refractivity contribution in [1.29, 1.82) is 0 Å². The van der Waals surface area contributed by atoms with E-state index >= 15 is 0 Å². The molecule has 5 heteroatoms. The molecule has 0 unspecified atom stereocenters. The largest absolute Gasteiger partial charge is 0.490 e. The van der Waals surface area contributed by atoms with Gasteiger partial charge >= 0.3 is 5.97 Å². The molecule has 144 valence electrons. The summed E-state index contributed by atoms with van der Waals surface area (Å²) in [7, 11) is 0. The second kappa shape index (κ2) is 10.6. The number of ether oxygens (including phenoxy) is 2. The molecule has 0 radical (unpaired) electrons. The van der Waals surface area contributed by atoms with Crippen LogP contribution in [0.2, 0.25) is 5.02 Å². The molecule has 2 rings (SSSR count). The van der Waals surface area contributed by atoms with Crippen molar-refractivity contribution in [3.05, 3.63) is 58.6 Å². The van der Waals surface area contributed by atoms with Crippen molar-refractivity contribution in [1.82, 2.24) is 0 Å². The molecule has 0 aromatic heterocycles. The number of carboxylic acids is 1. The van der Waals surface area contributed by atoms with Crippen molar-refractivity contribution in [2.24, 2.45) is 0 Å². The first-order valence-electron chi connectivity index (χ1n) is 9.16. The number of carboxylic acid groups (broad SMARTS) is 1. The van der Waals surface area contributed by atoms with E-state index in [2.05, 4.69) is 6.92 Å². The predicted octanol–water partition coefficient (Wildman–Crippen LogP) is 5.93. The molecular formula is C22H25ClO4. The normalized spacial score (nSPS) is 11.3. The summed E-state index contributed by atoms with van der Waals surface area (Å²) in [5, 5.41) is 10.00. The van der Waals surface area contributed by atoms with E-state index in [0.29, 0.717) is 40.9 Å². The Morgan fingerprint density at radius 3 is 2.48 bits per heavy atom. The van der Waals surface area contributed by atoms with Gasteiger partial charge < -0.3 is 14.6 Å². The van der Waals surface area contributed by atoms with Crippen molar-refractivity contribution in [2.45, 2.75) is 33.1 Å². The lowest BCUT2D eigenvalue weighted by atomic mass is 10.0. The molecule has 27 heavy (non-hydrogen) atoms. The Morgan fingerprint density at radius 2 is 1.85 bits per heavy atom. The zero-order chi connectivity index (χ0) is 19.6. The highest BCUT2D eigenvalue weighted by Crippen LogP contribution is 2.38. The summed E-state index contributed by atoms with van der Waals surface area (Å²) in [4.78, 5) is 11.7. The molecular weight excluding hydrogens is 364 g/mol. The maximum absolute atomic E-state index is 11.7. The molecule has 0 saturated heterocycles. The fraction of sp³-hybridized carbons (Fsp3) is 0.318. The fourth-order valence-corrected chi connectivity index (χ4v) is 2.93. The topological polar surface area (TPSA) is 55.8 Å². The van der Waals surface area contributed by atoms with Gasteiger partial charge in [-0.15, -0.1) is 0 Å². The van der Waals surface area contributed by atoms with Crippen LogP contribution in [0, 0.1) is 0 Å². The Bertz CT molecular complexity index is 784. The Balaban J connectivity index is 2.37. The number of unbranched alkanes of at least 4 members (excludes halogenated alkanes) is 2. The minimum atomic E-state index is -1.00. The highest BCUT2D eigenvalue weighted by molar-refractivity contribution is 6.32. The van der Waals surface area contributed by atoms with Crippen molar-refractivity contribution in [2.75, 3.05) is 13.2 Å². The lowest BCUT2D eigenvalue weighted by molar-refractivity contribution is -0.130. The van der Waals surface area contributed by atoms with Gasteiger partial charge in [0.1, 0.15) is 0 Å². The highest BCUT2D eigenvalue weighted by atomic mass is 35.5. The number of carbonyl (C=O) groups is 1. The van der Waals surface area contributed by atoms with Crippen LogP contribution in [0.3, 0.4) is 0 Å². The Hall–Kier alpha value is -2.46. The second-order valence-electron chi connectivity index (χ2n) is 6.05. The van der Waals surface area contributed by atoms with Crippen LogP contribution in [-0.2, 0) is 4.79 Å². The van der Waals surface area contributed by atoms with Crippen LogP contribution < -0.4 is 9.47 Å². The smallest absolute Gasteiger partial charge is 0.336 e. The number of rotatable bonds is 10. The van der Waals surface area contributed by atoms with Gasteiger partial charge in [-0.05, 0) is 42.7 Å². The minimum absolute atomic E-state index is 0.186. The monoisotopic (exact) mass is 388 g/mol. The first kappa shape index (κ1) is 20.8. The van der Waals surface area contributed by atoms with Gasteiger partial charge in [0.25, 0.3) is 0 Å². The summed E-state index contributed by atoms with van der Waals surface area (Å²) >= 11 is 6.41. The molecule has 2 aromatic rings. The molecule has 0 aliphatic rings. The van der Waals surface area contributed by atoms with Crippen LogP contribution in [0.15, 0.2) is 42.5 Å². The maximum atomic E-state index is 11.7. The number of hydrogen-bond acceptors (Lipinski definition) is 3. The van der Waals surface area contributed by atoms with E-state index in [1.165, 1.54) is 0 Å². The third-order valence-corrected chi connectivity index (χ3v) is 4.23. The summed E-state index contributed by atoms with van der Waals surface area (Å²) in [6, 6.07) is 12.4. The van der Waals surface area contributed by atoms with E-state index in [1.54, 1.807) is 42.5 Å². The lowest BCUT2D eigenvalue weighted by Crippen LogP contribution is -2.03. The first-order chi connectivity index (χ1) is 13.1. The standard InChI is InChI=1S/C22H25ClO4/c1-3-5-9-12-27-21-19(23)14-16(15-20(21)26-4-2)13-18(22(24)25)17-10-7-6-8-11-17/h6-8,10-11,13-15H,3-5,9,12H2,1-2H3,(H,24,25)/b18-13-. The van der Waals surface area contributed by atoms with E-state index < -0.39 is 5.97 Å². The summed E-state index contributed by atoms with van der Waals surface area (Å²) in [6.45, 7) is 5.03. The van der Waals surface area contributed by atoms with Crippen LogP contribution in [0.25, 0.3) is 11.6 Å². The molecule has 0 saturated carbocycles. The van der Waals surface area contributed by atoms with Crippen molar-refractivity contribution < 1.29 is 19.4 Å². The molecule has 0 aliphatic carbocycles. The zero-order valence-electron chi connectivity index (χ0n) is 15.7. The van der Waals surface area contributed by atoms with Gasteiger partial charge in [-0.25, -0.2) is 4.79 Å². The lowest BCUT2D eigenvalue weighted by Gasteiger charge is -2.15. The summed E-state index contributed by atoms with van der Waals surface area (Å²) in [5.74, 6) is 0.0177. The van der Waals surface area contributed by atoms with Gasteiger partial charge in [-0.2, -0.15) is 0 Å². The fourth-order valence-electron chi connectivity index (χ4n) is 2.65. The number of benzene rings is 2. The number of hydrogen-bond donors (Lipinski definition) is 1. The van der Waals surface area contributed by atoms with Gasteiger partial charge in [-0.3, -0.25) is 0 Å². The molecule has 1 N–H and O–H groups in total. The van der Waals surface area contributed by atoms with E-state index in [9.17, 15) is 9.90 Å². The molecule has 0 atom stereocenters. The predicted molar refractivity (Wildman–Crippen MR) is 110 cm³/mol. The third kappa shape index (κ3) is 6.04. The average Bonchev–Trinajstić information content (AvgIpc) is 2.65. The van der Waals surface area contributed by atoms with Crippen LogP contribution in [0.1, 0.15) is 44.2 Å². The Morgan fingerprint density at radius 1 is 1.11 bits per heavy atom. The maximum Gasteiger partial charge on any atom is 0.336 e. The van der Waals surface area contributed by atoms with E-state index in [0.717, 1.165) is 19.3 Å². The molecule has 0 fully saturated rings. The Labute approximate surface area is 165 Å². The van der Waals surface area contributed by atoms with Crippen LogP contribution in [0.4, 0.5) is 0 Å². The third-order valence-electron chi connectivity index (χ3n) is 3.95. The highest BCUT2D eigenvalue weighted by Gasteiger charge is 2.15. The van der Waals surface area contributed by atoms with Gasteiger partial charge in [-0.1, -0.05) is 61.7 Å². The molecule has 0 amide bonds. The zero-order valence-corrected chi connectivity index (χ0v) is 16.5. The number of halogens is 1. The van der Waals surface area contributed by atoms with Crippen molar-refractivity contribution in [3.8, 4) is 11.5 Å². The van der Waals surface area contributed by atoms with Crippen LogP contribution in [0.5, 0.6) is 11.5 Å². The first-order valence-corrected chi connectivity index (χ1v) is 9.54. The summed E-state index contributed by atoms with van der Waals surface area (Å²) in [6.07, 6.45) is 4.72. The Kier molecular flexibility index (Phi) is 8.21. The van der Waals surface area contributed by atoms with Gasteiger partial charge in [0.05, 0.1) is 23.8 Å². The van der Waals surface area contributed by atoms with E-state index in [1.807, 2.05) is 13.0 Å². The van der Waals surface area contributed by atoms with Crippen LogP contribution >= 0.6 is 11.6 Å². The summed E-state index contributed by atoms with van der Waals surface area (Å²) < 4.78 is 11.5. The molecule has 0 aliphatic heterocycles. The average molecular weight is 389 g/mol. The van der Waals surface area contributed by atoms with Gasteiger partial charge in [0, 0.05) is 0 Å². The van der Waals surface area contributed by atoms with Gasteiger partial charge in [0.2, 0.25) is 0 Å². The van der Waals surface area contributed by atoms with E-state index in [4.69, 9.17) is 21.1 Å². The van der Waals surface area contributed by atoms with Gasteiger partial charge in [0.15, 0.2) is 11.5 Å². The molecule has 2 aromatic carbocycles. The molecule has 0 heterocycles. The van der Waals surface area contributed by atoms with Crippen molar-refractivity contribution in [3.63, 3.8) is 0 Å².